The quantitative estimate of drug-likeness (QED) is 0.844. The number of hydrogen-bond acceptors (Lipinski definition) is 2. The molecular weight excluding hydrogens is 278 g/mol. The second-order valence-corrected chi connectivity index (χ2v) is 6.01. The third-order valence-corrected chi connectivity index (χ3v) is 4.36. The first kappa shape index (κ1) is 14.2. The number of nitrogens with zero attached hydrogens (tertiary/aromatic N) is 1. The molecule has 0 fully saturated rings. The van der Waals surface area contributed by atoms with Crippen molar-refractivity contribution < 1.29 is 4.79 Å². The summed E-state index contributed by atoms with van der Waals surface area (Å²) < 4.78 is 0. The second-order valence-electron chi connectivity index (χ2n) is 5.49. The average molecular weight is 297 g/mol. The van der Waals surface area contributed by atoms with E-state index in [0.717, 1.165) is 36.4 Å². The van der Waals surface area contributed by atoms with Gasteiger partial charge in [0.25, 0.3) is 0 Å². The van der Waals surface area contributed by atoms with Gasteiger partial charge in [0.1, 0.15) is 0 Å². The van der Waals surface area contributed by atoms with Crippen LogP contribution in [0.4, 0.5) is 0 Å². The third kappa shape index (κ3) is 3.48. The maximum absolute atomic E-state index is 12.5. The van der Waals surface area contributed by atoms with Crippen LogP contribution in [0.2, 0.25) is 0 Å². The van der Waals surface area contributed by atoms with Crippen LogP contribution in [0.15, 0.2) is 53.4 Å². The fourth-order valence-electron chi connectivity index (χ4n) is 2.82. The van der Waals surface area contributed by atoms with Crippen molar-refractivity contribution >= 4 is 18.5 Å². The fraction of sp³-hybridized carbons (Fsp3) is 0.278. The molecular formula is C18H19NOS. The Balaban J connectivity index is 1.65. The molecule has 1 amide bonds. The van der Waals surface area contributed by atoms with Crippen molar-refractivity contribution in [3.05, 3.63) is 65.2 Å². The highest BCUT2D eigenvalue weighted by atomic mass is 32.1. The number of benzene rings is 2. The van der Waals surface area contributed by atoms with E-state index in [0.29, 0.717) is 6.42 Å². The number of amides is 1. The van der Waals surface area contributed by atoms with Crippen molar-refractivity contribution in [1.29, 1.82) is 0 Å². The van der Waals surface area contributed by atoms with Crippen molar-refractivity contribution in [2.45, 2.75) is 24.2 Å². The largest absolute Gasteiger partial charge is 0.342 e. The van der Waals surface area contributed by atoms with Crippen LogP contribution in [0.25, 0.3) is 0 Å². The van der Waals surface area contributed by atoms with Gasteiger partial charge in [-0.3, -0.25) is 4.79 Å². The molecule has 0 saturated heterocycles. The maximum atomic E-state index is 12.5. The Hall–Kier alpha value is -1.74. The monoisotopic (exact) mass is 297 g/mol. The molecule has 2 nitrogen and oxygen atoms in total. The van der Waals surface area contributed by atoms with Gasteiger partial charge in [-0.1, -0.05) is 36.4 Å². The molecule has 0 aromatic heterocycles. The summed E-state index contributed by atoms with van der Waals surface area (Å²) in [6.07, 6.45) is 2.39. The van der Waals surface area contributed by atoms with Crippen LogP contribution in [0.1, 0.15) is 16.7 Å². The minimum Gasteiger partial charge on any atom is -0.342 e. The molecule has 0 radical (unpaired) electrons. The van der Waals surface area contributed by atoms with Crippen LogP contribution in [0.5, 0.6) is 0 Å². The topological polar surface area (TPSA) is 20.3 Å². The summed E-state index contributed by atoms with van der Waals surface area (Å²) in [5.74, 6) is 0.217. The lowest BCUT2D eigenvalue weighted by molar-refractivity contribution is -0.130. The Morgan fingerprint density at radius 3 is 2.10 bits per heavy atom. The molecule has 0 unspecified atom stereocenters. The van der Waals surface area contributed by atoms with Gasteiger partial charge in [0.05, 0.1) is 6.42 Å². The van der Waals surface area contributed by atoms with E-state index >= 15 is 0 Å². The lowest BCUT2D eigenvalue weighted by Crippen LogP contribution is -2.34. The van der Waals surface area contributed by atoms with Crippen LogP contribution < -0.4 is 0 Å². The molecule has 0 N–H and O–H groups in total. The number of carbonyl (C=O) groups excluding carboxylic acids is 1. The predicted molar refractivity (Wildman–Crippen MR) is 87.8 cm³/mol. The van der Waals surface area contributed by atoms with Crippen molar-refractivity contribution in [1.82, 2.24) is 4.90 Å². The minimum absolute atomic E-state index is 0.217. The van der Waals surface area contributed by atoms with Gasteiger partial charge >= 0.3 is 0 Å². The molecule has 0 atom stereocenters. The van der Waals surface area contributed by atoms with Gasteiger partial charge < -0.3 is 4.90 Å². The van der Waals surface area contributed by atoms with E-state index < -0.39 is 0 Å². The van der Waals surface area contributed by atoms with Gasteiger partial charge in [-0.05, 0) is 41.7 Å². The molecule has 0 spiro atoms. The Labute approximate surface area is 131 Å². The van der Waals surface area contributed by atoms with Gasteiger partial charge in [0.2, 0.25) is 5.91 Å². The Morgan fingerprint density at radius 1 is 0.952 bits per heavy atom. The second kappa shape index (κ2) is 6.35. The van der Waals surface area contributed by atoms with E-state index in [1.165, 1.54) is 11.1 Å². The number of fused-ring (bicyclic) bond motifs is 1. The van der Waals surface area contributed by atoms with Crippen LogP contribution in [-0.2, 0) is 24.1 Å². The average Bonchev–Trinajstić information content (AvgIpc) is 2.72. The summed E-state index contributed by atoms with van der Waals surface area (Å²) in [6, 6.07) is 16.3. The zero-order valence-electron chi connectivity index (χ0n) is 12.0. The normalized spacial score (nSPS) is 14.4. The lowest BCUT2D eigenvalue weighted by Gasteiger charge is -2.20. The highest BCUT2D eigenvalue weighted by Gasteiger charge is 2.18. The molecule has 3 rings (SSSR count). The summed E-state index contributed by atoms with van der Waals surface area (Å²) in [7, 11) is 0. The fourth-order valence-corrected chi connectivity index (χ4v) is 2.97. The number of rotatable bonds is 2. The van der Waals surface area contributed by atoms with E-state index in [2.05, 4.69) is 36.9 Å². The van der Waals surface area contributed by atoms with Gasteiger partial charge in [-0.15, -0.1) is 12.6 Å². The van der Waals surface area contributed by atoms with Gasteiger partial charge in [-0.2, -0.15) is 0 Å². The van der Waals surface area contributed by atoms with Gasteiger partial charge in [-0.25, -0.2) is 0 Å². The number of carbonyl (C=O) groups is 1. The van der Waals surface area contributed by atoms with Crippen LogP contribution in [-0.4, -0.2) is 23.9 Å². The highest BCUT2D eigenvalue weighted by Crippen LogP contribution is 2.16. The van der Waals surface area contributed by atoms with Crippen molar-refractivity contribution in [3.63, 3.8) is 0 Å². The van der Waals surface area contributed by atoms with Crippen molar-refractivity contribution in [3.8, 4) is 0 Å². The van der Waals surface area contributed by atoms with Crippen LogP contribution in [0.3, 0.4) is 0 Å². The molecule has 21 heavy (non-hydrogen) atoms. The van der Waals surface area contributed by atoms with E-state index in [-0.39, 0.29) is 5.91 Å². The summed E-state index contributed by atoms with van der Waals surface area (Å²) in [6.45, 7) is 1.64. The first-order valence-electron chi connectivity index (χ1n) is 7.35. The zero-order valence-corrected chi connectivity index (χ0v) is 12.9. The Bertz CT molecular complexity index is 609. The smallest absolute Gasteiger partial charge is 0.227 e. The van der Waals surface area contributed by atoms with Crippen molar-refractivity contribution in [2.75, 3.05) is 13.1 Å². The third-order valence-electron chi connectivity index (χ3n) is 4.06. The first-order valence-corrected chi connectivity index (χ1v) is 7.79. The SMILES string of the molecule is O=C(Cc1ccc(S)cc1)N1CCc2ccccc2CC1. The van der Waals surface area contributed by atoms with Crippen molar-refractivity contribution in [2.24, 2.45) is 0 Å². The summed E-state index contributed by atoms with van der Waals surface area (Å²) in [5, 5.41) is 0. The molecule has 1 heterocycles. The summed E-state index contributed by atoms with van der Waals surface area (Å²) in [5.41, 5.74) is 3.82. The Morgan fingerprint density at radius 2 is 1.52 bits per heavy atom. The minimum atomic E-state index is 0.217. The Kier molecular flexibility index (Phi) is 4.30. The predicted octanol–water partition coefficient (Wildman–Crippen LogP) is 3.15. The summed E-state index contributed by atoms with van der Waals surface area (Å²) in [4.78, 5) is 15.4. The summed E-state index contributed by atoms with van der Waals surface area (Å²) >= 11 is 4.27. The number of hydrogen-bond donors (Lipinski definition) is 1. The lowest BCUT2D eigenvalue weighted by atomic mass is 10.0. The molecule has 2 aromatic rings. The van der Waals surface area contributed by atoms with E-state index in [4.69, 9.17) is 0 Å². The first-order chi connectivity index (χ1) is 10.2. The van der Waals surface area contributed by atoms with Gasteiger partial charge in [0, 0.05) is 18.0 Å². The molecule has 3 heteroatoms. The molecule has 0 saturated carbocycles. The molecule has 1 aliphatic rings. The number of thiol groups is 1. The van der Waals surface area contributed by atoms with E-state index in [1.54, 1.807) is 0 Å². The maximum Gasteiger partial charge on any atom is 0.227 e. The van der Waals surface area contributed by atoms with E-state index in [9.17, 15) is 4.79 Å². The molecule has 0 aliphatic carbocycles. The molecule has 1 aliphatic heterocycles. The molecule has 2 aromatic carbocycles. The molecule has 0 bridgehead atoms. The van der Waals surface area contributed by atoms with E-state index in [1.807, 2.05) is 29.2 Å². The van der Waals surface area contributed by atoms with Gasteiger partial charge in [0.15, 0.2) is 0 Å². The highest BCUT2D eigenvalue weighted by molar-refractivity contribution is 7.80. The van der Waals surface area contributed by atoms with Crippen LogP contribution in [0, 0.1) is 0 Å². The van der Waals surface area contributed by atoms with Crippen LogP contribution >= 0.6 is 12.6 Å². The standard InChI is InChI=1S/C18H19NOS/c20-18(13-14-5-7-17(21)8-6-14)19-11-9-15-3-1-2-4-16(15)10-12-19/h1-8,21H,9-13H2. The zero-order chi connectivity index (χ0) is 14.7. The molecule has 108 valence electrons.